The Morgan fingerprint density at radius 2 is 2.21 bits per heavy atom. The van der Waals surface area contributed by atoms with Gasteiger partial charge in [0.05, 0.1) is 12.6 Å². The number of likely N-dealkylation sites (N-methyl/N-ethyl adjacent to an activating group) is 1. The van der Waals surface area contributed by atoms with Gasteiger partial charge in [-0.1, -0.05) is 13.8 Å². The number of nitrogens with two attached hydrogens (primary N) is 1. The molecule has 0 spiro atoms. The molecular formula is C13H28ClN3O2. The minimum atomic E-state index is 0. The molecule has 6 heteroatoms. The van der Waals surface area contributed by atoms with Gasteiger partial charge in [0.15, 0.2) is 0 Å². The number of hydrogen-bond donors (Lipinski definition) is 2. The van der Waals surface area contributed by atoms with Crippen molar-refractivity contribution in [3.05, 3.63) is 0 Å². The highest BCUT2D eigenvalue weighted by Crippen LogP contribution is 2.13. The zero-order valence-corrected chi connectivity index (χ0v) is 13.1. The molecular weight excluding hydrogens is 266 g/mol. The number of carbonyl (C=O) groups is 1. The molecule has 5 nitrogen and oxygen atoms in total. The van der Waals surface area contributed by atoms with Crippen LogP contribution in [0.3, 0.4) is 0 Å². The minimum absolute atomic E-state index is 0. The molecule has 1 atom stereocenters. The predicted molar refractivity (Wildman–Crippen MR) is 79.6 cm³/mol. The van der Waals surface area contributed by atoms with Gasteiger partial charge in [-0.2, -0.15) is 0 Å². The monoisotopic (exact) mass is 293 g/mol. The molecule has 19 heavy (non-hydrogen) atoms. The summed E-state index contributed by atoms with van der Waals surface area (Å²) >= 11 is 0. The van der Waals surface area contributed by atoms with Gasteiger partial charge < -0.3 is 15.8 Å². The summed E-state index contributed by atoms with van der Waals surface area (Å²) in [5, 5.41) is 2.92. The second-order valence-corrected chi connectivity index (χ2v) is 5.98. The zero-order valence-electron chi connectivity index (χ0n) is 12.3. The van der Waals surface area contributed by atoms with Gasteiger partial charge >= 0.3 is 0 Å². The van der Waals surface area contributed by atoms with Crippen LogP contribution >= 0.6 is 12.4 Å². The van der Waals surface area contributed by atoms with Crippen molar-refractivity contribution in [1.29, 1.82) is 0 Å². The van der Waals surface area contributed by atoms with E-state index in [1.165, 1.54) is 0 Å². The average molecular weight is 294 g/mol. The molecule has 0 saturated carbocycles. The Hall–Kier alpha value is -0.360. The molecule has 1 saturated heterocycles. The molecule has 114 valence electrons. The summed E-state index contributed by atoms with van der Waals surface area (Å²) in [5.41, 5.74) is 5.73. The average Bonchev–Trinajstić information content (AvgIpc) is 2.78. The molecule has 0 radical (unpaired) electrons. The summed E-state index contributed by atoms with van der Waals surface area (Å²) in [6, 6.07) is 0. The number of ether oxygens (including phenoxy) is 1. The van der Waals surface area contributed by atoms with Gasteiger partial charge in [0.2, 0.25) is 5.91 Å². The summed E-state index contributed by atoms with van der Waals surface area (Å²) in [6.45, 7) is 7.52. The van der Waals surface area contributed by atoms with E-state index in [-0.39, 0.29) is 29.8 Å². The molecule has 0 aliphatic carbocycles. The van der Waals surface area contributed by atoms with E-state index in [0.29, 0.717) is 19.6 Å². The lowest BCUT2D eigenvalue weighted by Gasteiger charge is -2.28. The van der Waals surface area contributed by atoms with Crippen molar-refractivity contribution in [3.63, 3.8) is 0 Å². The van der Waals surface area contributed by atoms with Gasteiger partial charge in [-0.25, -0.2) is 0 Å². The van der Waals surface area contributed by atoms with Gasteiger partial charge in [0.1, 0.15) is 0 Å². The van der Waals surface area contributed by atoms with E-state index >= 15 is 0 Å². The molecule has 1 fully saturated rings. The normalized spacial score (nSPS) is 19.3. The second kappa shape index (κ2) is 8.74. The van der Waals surface area contributed by atoms with Crippen LogP contribution in [0.15, 0.2) is 0 Å². The molecule has 0 bridgehead atoms. The zero-order chi connectivity index (χ0) is 13.6. The Labute approximate surface area is 122 Å². The third kappa shape index (κ3) is 7.72. The third-order valence-corrected chi connectivity index (χ3v) is 3.21. The third-order valence-electron chi connectivity index (χ3n) is 3.21. The van der Waals surface area contributed by atoms with E-state index in [4.69, 9.17) is 10.5 Å². The van der Waals surface area contributed by atoms with E-state index in [9.17, 15) is 4.79 Å². The second-order valence-electron chi connectivity index (χ2n) is 5.98. The van der Waals surface area contributed by atoms with Crippen LogP contribution in [0.25, 0.3) is 0 Å². The Bertz CT molecular complexity index is 269. The number of hydrogen-bond acceptors (Lipinski definition) is 4. The molecule has 1 rings (SSSR count). The Morgan fingerprint density at radius 3 is 2.74 bits per heavy atom. The van der Waals surface area contributed by atoms with Crippen LogP contribution in [0.5, 0.6) is 0 Å². The fraction of sp³-hybridized carbons (Fsp3) is 0.923. The van der Waals surface area contributed by atoms with Gasteiger partial charge in [0, 0.05) is 19.7 Å². The predicted octanol–water partition coefficient (Wildman–Crippen LogP) is 0.620. The number of nitrogens with zero attached hydrogens (tertiary/aromatic N) is 1. The number of carbonyl (C=O) groups excluding carboxylic acids is 1. The maximum Gasteiger partial charge on any atom is 0.234 e. The summed E-state index contributed by atoms with van der Waals surface area (Å²) < 4.78 is 5.46. The lowest BCUT2D eigenvalue weighted by Crippen LogP contribution is -2.43. The first-order chi connectivity index (χ1) is 8.43. The van der Waals surface area contributed by atoms with Crippen LogP contribution in [0.1, 0.15) is 26.7 Å². The van der Waals surface area contributed by atoms with Crippen molar-refractivity contribution in [2.24, 2.45) is 11.1 Å². The largest absolute Gasteiger partial charge is 0.376 e. The summed E-state index contributed by atoms with van der Waals surface area (Å²) in [6.07, 6.45) is 2.36. The minimum Gasteiger partial charge on any atom is -0.376 e. The SMILES string of the molecule is CN(CC(=O)NCC1CCCO1)CC(C)(C)CN.Cl. The van der Waals surface area contributed by atoms with Crippen molar-refractivity contribution >= 4 is 18.3 Å². The van der Waals surface area contributed by atoms with Crippen molar-refractivity contribution < 1.29 is 9.53 Å². The topological polar surface area (TPSA) is 67.6 Å². The van der Waals surface area contributed by atoms with Crippen molar-refractivity contribution in [3.8, 4) is 0 Å². The van der Waals surface area contributed by atoms with Crippen molar-refractivity contribution in [2.45, 2.75) is 32.8 Å². The van der Waals surface area contributed by atoms with E-state index in [1.807, 2.05) is 11.9 Å². The molecule has 0 aromatic heterocycles. The highest BCUT2D eigenvalue weighted by atomic mass is 35.5. The fourth-order valence-electron chi connectivity index (χ4n) is 2.19. The molecule has 0 aromatic carbocycles. The smallest absolute Gasteiger partial charge is 0.234 e. The van der Waals surface area contributed by atoms with Crippen LogP contribution in [-0.2, 0) is 9.53 Å². The molecule has 3 N–H and O–H groups in total. The van der Waals surface area contributed by atoms with Crippen LogP contribution in [-0.4, -0.2) is 56.7 Å². The first-order valence-electron chi connectivity index (χ1n) is 6.70. The quantitative estimate of drug-likeness (QED) is 0.722. The van der Waals surface area contributed by atoms with Crippen LogP contribution < -0.4 is 11.1 Å². The van der Waals surface area contributed by atoms with E-state index < -0.39 is 0 Å². The standard InChI is InChI=1S/C13H27N3O2.ClH/c1-13(2,9-14)10-16(3)8-12(17)15-7-11-5-4-6-18-11;/h11H,4-10,14H2,1-3H3,(H,15,17);1H. The lowest BCUT2D eigenvalue weighted by molar-refractivity contribution is -0.122. The van der Waals surface area contributed by atoms with Crippen molar-refractivity contribution in [1.82, 2.24) is 10.2 Å². The number of rotatable bonds is 7. The maximum atomic E-state index is 11.7. The Balaban J connectivity index is 0.00000324. The Kier molecular flexibility index (Phi) is 8.57. The van der Waals surface area contributed by atoms with Gasteiger partial charge in [-0.3, -0.25) is 9.69 Å². The Morgan fingerprint density at radius 1 is 1.53 bits per heavy atom. The van der Waals surface area contributed by atoms with Crippen LogP contribution in [0.4, 0.5) is 0 Å². The van der Waals surface area contributed by atoms with E-state index in [2.05, 4.69) is 19.2 Å². The fourth-order valence-corrected chi connectivity index (χ4v) is 2.19. The first kappa shape index (κ1) is 18.6. The maximum absolute atomic E-state index is 11.7. The van der Waals surface area contributed by atoms with Crippen molar-refractivity contribution in [2.75, 3.05) is 39.8 Å². The summed E-state index contributed by atoms with van der Waals surface area (Å²) in [5.74, 6) is 0.0563. The molecule has 1 aliphatic heterocycles. The molecule has 1 unspecified atom stereocenters. The molecule has 0 aromatic rings. The molecule has 1 aliphatic rings. The van der Waals surface area contributed by atoms with Gasteiger partial charge in [-0.15, -0.1) is 12.4 Å². The highest BCUT2D eigenvalue weighted by molar-refractivity contribution is 5.85. The number of halogens is 1. The number of amides is 1. The van der Waals surface area contributed by atoms with Crippen LogP contribution in [0.2, 0.25) is 0 Å². The van der Waals surface area contributed by atoms with E-state index in [0.717, 1.165) is 26.0 Å². The lowest BCUT2D eigenvalue weighted by atomic mass is 9.93. The first-order valence-corrected chi connectivity index (χ1v) is 6.70. The summed E-state index contributed by atoms with van der Waals surface area (Å²) in [4.78, 5) is 13.8. The molecule has 1 amide bonds. The number of nitrogens with one attached hydrogen (secondary N) is 1. The van der Waals surface area contributed by atoms with E-state index in [1.54, 1.807) is 0 Å². The molecule has 1 heterocycles. The summed E-state index contributed by atoms with van der Waals surface area (Å²) in [7, 11) is 1.95. The van der Waals surface area contributed by atoms with Crippen LogP contribution in [0, 0.1) is 5.41 Å². The van der Waals surface area contributed by atoms with Gasteiger partial charge in [-0.05, 0) is 31.8 Å². The highest BCUT2D eigenvalue weighted by Gasteiger charge is 2.20. The van der Waals surface area contributed by atoms with Gasteiger partial charge in [0.25, 0.3) is 0 Å².